The van der Waals surface area contributed by atoms with Gasteiger partial charge in [0.1, 0.15) is 5.75 Å². The normalized spacial score (nSPS) is 11.6. The lowest BCUT2D eigenvalue weighted by molar-refractivity contribution is 0.271. The molecule has 0 saturated carbocycles. The molecule has 0 amide bonds. The van der Waals surface area contributed by atoms with Gasteiger partial charge in [-0.25, -0.2) is 4.99 Å². The first-order chi connectivity index (χ1) is 12.6. The molecule has 0 aromatic heterocycles. The lowest BCUT2D eigenvalue weighted by Crippen LogP contribution is -2.06. The van der Waals surface area contributed by atoms with Gasteiger partial charge in [0.25, 0.3) is 0 Å². The minimum Gasteiger partial charge on any atom is -0.493 e. The van der Waals surface area contributed by atoms with E-state index in [9.17, 15) is 0 Å². The smallest absolute Gasteiger partial charge is 0.119 e. The fourth-order valence-electron chi connectivity index (χ4n) is 2.61. The largest absolute Gasteiger partial charge is 0.493 e. The highest BCUT2D eigenvalue weighted by atomic mass is 16.5. The molecule has 2 heteroatoms. The number of nitrogens with zero attached hydrogens (tertiary/aromatic N) is 1. The maximum atomic E-state index is 5.80. The number of ether oxygens (including phenoxy) is 1. The van der Waals surface area contributed by atoms with E-state index in [2.05, 4.69) is 69.3 Å². The van der Waals surface area contributed by atoms with E-state index in [0.29, 0.717) is 5.92 Å². The van der Waals surface area contributed by atoms with Gasteiger partial charge in [-0.2, -0.15) is 0 Å². The minimum absolute atomic E-state index is 0.512. The summed E-state index contributed by atoms with van der Waals surface area (Å²) in [6, 6.07) is 26.8. The Morgan fingerprint density at radius 2 is 1.42 bits per heavy atom. The molecule has 0 aliphatic heterocycles. The van der Waals surface area contributed by atoms with E-state index in [1.807, 2.05) is 30.3 Å². The third-order valence-corrected chi connectivity index (χ3v) is 4.03. The van der Waals surface area contributed by atoms with Crippen LogP contribution >= 0.6 is 0 Å². The van der Waals surface area contributed by atoms with Crippen molar-refractivity contribution in [3.63, 3.8) is 0 Å². The van der Waals surface area contributed by atoms with Crippen LogP contribution in [-0.4, -0.2) is 12.3 Å². The zero-order valence-corrected chi connectivity index (χ0v) is 15.6. The molecule has 0 saturated heterocycles. The molecule has 0 radical (unpaired) electrons. The standard InChI is InChI=1S/C24H25NO/c1-18(2)17-26-23-15-11-21(12-16-23)24(20-7-5-4-6-8-20)25-22-13-9-19(3)10-14-22/h4-16,18H,17H2,1-3H3. The van der Waals surface area contributed by atoms with E-state index in [4.69, 9.17) is 9.73 Å². The van der Waals surface area contributed by atoms with Gasteiger partial charge in [-0.15, -0.1) is 0 Å². The van der Waals surface area contributed by atoms with Gasteiger partial charge < -0.3 is 4.74 Å². The van der Waals surface area contributed by atoms with Crippen molar-refractivity contribution in [2.75, 3.05) is 6.61 Å². The number of benzene rings is 3. The van der Waals surface area contributed by atoms with Crippen molar-refractivity contribution in [2.45, 2.75) is 20.8 Å². The highest BCUT2D eigenvalue weighted by Crippen LogP contribution is 2.21. The van der Waals surface area contributed by atoms with E-state index in [1.165, 1.54) is 5.56 Å². The van der Waals surface area contributed by atoms with Crippen molar-refractivity contribution >= 4 is 11.4 Å². The number of aliphatic imine (C=N–C) groups is 1. The third-order valence-electron chi connectivity index (χ3n) is 4.03. The van der Waals surface area contributed by atoms with E-state index in [1.54, 1.807) is 0 Å². The summed E-state index contributed by atoms with van der Waals surface area (Å²) in [6.45, 7) is 7.11. The van der Waals surface area contributed by atoms with Crippen LogP contribution in [0.1, 0.15) is 30.5 Å². The summed E-state index contributed by atoms with van der Waals surface area (Å²) in [5.74, 6) is 1.41. The summed E-state index contributed by atoms with van der Waals surface area (Å²) in [6.07, 6.45) is 0. The molecule has 2 nitrogen and oxygen atoms in total. The Kier molecular flexibility index (Phi) is 5.85. The first-order valence-corrected chi connectivity index (χ1v) is 9.06. The number of aryl methyl sites for hydroxylation is 1. The van der Waals surface area contributed by atoms with Crippen molar-refractivity contribution in [3.05, 3.63) is 95.6 Å². The Labute approximate surface area is 156 Å². The maximum absolute atomic E-state index is 5.80. The van der Waals surface area contributed by atoms with Crippen molar-refractivity contribution < 1.29 is 4.74 Å². The predicted molar refractivity (Wildman–Crippen MR) is 110 cm³/mol. The van der Waals surface area contributed by atoms with Gasteiger partial charge in [0.05, 0.1) is 18.0 Å². The third kappa shape index (κ3) is 4.82. The number of hydrogen-bond donors (Lipinski definition) is 0. The first kappa shape index (κ1) is 17.9. The van der Waals surface area contributed by atoms with Crippen molar-refractivity contribution in [1.82, 2.24) is 0 Å². The molecule has 0 bridgehead atoms. The molecular formula is C24H25NO. The van der Waals surface area contributed by atoms with E-state index >= 15 is 0 Å². The summed E-state index contributed by atoms with van der Waals surface area (Å²) in [5.41, 5.74) is 5.33. The zero-order valence-electron chi connectivity index (χ0n) is 15.6. The summed E-state index contributed by atoms with van der Waals surface area (Å²) >= 11 is 0. The summed E-state index contributed by atoms with van der Waals surface area (Å²) in [7, 11) is 0. The van der Waals surface area contributed by atoms with Gasteiger partial charge in [0.2, 0.25) is 0 Å². The second-order valence-electron chi connectivity index (χ2n) is 6.89. The quantitative estimate of drug-likeness (QED) is 0.488. The molecule has 3 aromatic carbocycles. The molecular weight excluding hydrogens is 318 g/mol. The maximum Gasteiger partial charge on any atom is 0.119 e. The summed E-state index contributed by atoms with van der Waals surface area (Å²) in [5, 5.41) is 0. The fraction of sp³-hybridized carbons (Fsp3) is 0.208. The molecule has 132 valence electrons. The Hall–Kier alpha value is -2.87. The van der Waals surface area contributed by atoms with Crippen LogP contribution < -0.4 is 4.74 Å². The summed E-state index contributed by atoms with van der Waals surface area (Å²) in [4.78, 5) is 4.92. The monoisotopic (exact) mass is 343 g/mol. The first-order valence-electron chi connectivity index (χ1n) is 9.06. The Morgan fingerprint density at radius 1 is 0.808 bits per heavy atom. The predicted octanol–water partition coefficient (Wildman–Crippen LogP) is 6.20. The van der Waals surface area contributed by atoms with Gasteiger partial charge in [0.15, 0.2) is 0 Å². The van der Waals surface area contributed by atoms with Crippen molar-refractivity contribution in [2.24, 2.45) is 10.9 Å². The van der Waals surface area contributed by atoms with Crippen LogP contribution in [0.4, 0.5) is 5.69 Å². The molecule has 26 heavy (non-hydrogen) atoms. The second kappa shape index (κ2) is 8.48. The molecule has 3 aromatic rings. The highest BCUT2D eigenvalue weighted by Gasteiger charge is 2.08. The van der Waals surface area contributed by atoms with Crippen molar-refractivity contribution in [1.29, 1.82) is 0 Å². The zero-order chi connectivity index (χ0) is 18.4. The molecule has 0 fully saturated rings. The fourth-order valence-corrected chi connectivity index (χ4v) is 2.61. The van der Waals surface area contributed by atoms with Crippen LogP contribution in [0.25, 0.3) is 0 Å². The average molecular weight is 343 g/mol. The van der Waals surface area contributed by atoms with Crippen LogP contribution in [-0.2, 0) is 0 Å². The van der Waals surface area contributed by atoms with Gasteiger partial charge in [0, 0.05) is 11.1 Å². The molecule has 0 N–H and O–H groups in total. The van der Waals surface area contributed by atoms with Crippen molar-refractivity contribution in [3.8, 4) is 5.75 Å². The van der Waals surface area contributed by atoms with Crippen LogP contribution in [0.3, 0.4) is 0 Å². The van der Waals surface area contributed by atoms with Crippen LogP contribution in [0, 0.1) is 12.8 Å². The van der Waals surface area contributed by atoms with E-state index in [0.717, 1.165) is 34.9 Å². The second-order valence-corrected chi connectivity index (χ2v) is 6.89. The van der Waals surface area contributed by atoms with Gasteiger partial charge in [-0.3, -0.25) is 0 Å². The lowest BCUT2D eigenvalue weighted by Gasteiger charge is -2.11. The summed E-state index contributed by atoms with van der Waals surface area (Å²) < 4.78 is 5.80. The van der Waals surface area contributed by atoms with E-state index in [-0.39, 0.29) is 0 Å². The highest BCUT2D eigenvalue weighted by molar-refractivity contribution is 6.14. The van der Waals surface area contributed by atoms with Crippen LogP contribution in [0.15, 0.2) is 83.9 Å². The topological polar surface area (TPSA) is 21.6 Å². The molecule has 0 aliphatic rings. The molecule has 3 rings (SSSR count). The molecule has 0 unspecified atom stereocenters. The molecule has 0 spiro atoms. The molecule has 0 atom stereocenters. The Morgan fingerprint density at radius 3 is 2.04 bits per heavy atom. The number of hydrogen-bond acceptors (Lipinski definition) is 2. The van der Waals surface area contributed by atoms with Gasteiger partial charge >= 0.3 is 0 Å². The average Bonchev–Trinajstić information content (AvgIpc) is 2.67. The number of rotatable bonds is 6. The Bertz CT molecular complexity index is 847. The Balaban J connectivity index is 1.94. The van der Waals surface area contributed by atoms with Gasteiger partial charge in [-0.05, 0) is 49.2 Å². The SMILES string of the molecule is Cc1ccc(N=C(c2ccccc2)c2ccc(OCC(C)C)cc2)cc1. The molecule has 0 aliphatic carbocycles. The van der Waals surface area contributed by atoms with Gasteiger partial charge in [-0.1, -0.05) is 61.9 Å². The lowest BCUT2D eigenvalue weighted by atomic mass is 10.0. The van der Waals surface area contributed by atoms with E-state index < -0.39 is 0 Å². The molecule has 0 heterocycles. The minimum atomic E-state index is 0.512. The van der Waals surface area contributed by atoms with Crippen LogP contribution in [0.5, 0.6) is 5.75 Å². The van der Waals surface area contributed by atoms with Crippen LogP contribution in [0.2, 0.25) is 0 Å².